The molecule has 1 aromatic carbocycles. The van der Waals surface area contributed by atoms with E-state index in [4.69, 9.17) is 5.26 Å². The van der Waals surface area contributed by atoms with Gasteiger partial charge in [-0.1, -0.05) is 18.9 Å². The average molecular weight is 376 g/mol. The van der Waals surface area contributed by atoms with E-state index in [1.807, 2.05) is 17.0 Å². The maximum Gasteiger partial charge on any atom is 0.226 e. The molecule has 28 heavy (non-hydrogen) atoms. The van der Waals surface area contributed by atoms with Gasteiger partial charge in [-0.2, -0.15) is 10.5 Å². The molecule has 4 rings (SSSR count). The zero-order chi connectivity index (χ0) is 19.7. The van der Waals surface area contributed by atoms with Crippen LogP contribution in [0.3, 0.4) is 0 Å². The lowest BCUT2D eigenvalue weighted by atomic mass is 9.77. The van der Waals surface area contributed by atoms with Gasteiger partial charge in [-0.3, -0.25) is 9.59 Å². The maximum absolute atomic E-state index is 13.3. The molecule has 1 N–H and O–H groups in total. The molecule has 2 saturated carbocycles. The lowest BCUT2D eigenvalue weighted by Crippen LogP contribution is -2.48. The van der Waals surface area contributed by atoms with Crippen molar-refractivity contribution in [2.45, 2.75) is 57.0 Å². The second-order valence-electron chi connectivity index (χ2n) is 8.29. The molecule has 2 fully saturated rings. The summed E-state index contributed by atoms with van der Waals surface area (Å²) in [4.78, 5) is 28.0. The minimum atomic E-state index is -0.690. The van der Waals surface area contributed by atoms with Crippen LogP contribution in [0.5, 0.6) is 0 Å². The Kier molecular flexibility index (Phi) is 4.81. The van der Waals surface area contributed by atoms with E-state index >= 15 is 0 Å². The molecule has 0 unspecified atom stereocenters. The Morgan fingerprint density at radius 2 is 1.86 bits per heavy atom. The summed E-state index contributed by atoms with van der Waals surface area (Å²) in [7, 11) is 0. The van der Waals surface area contributed by atoms with Crippen LogP contribution < -0.4 is 5.32 Å². The van der Waals surface area contributed by atoms with Gasteiger partial charge in [0.05, 0.1) is 17.7 Å². The van der Waals surface area contributed by atoms with Gasteiger partial charge in [-0.25, -0.2) is 0 Å². The Morgan fingerprint density at radius 1 is 1.11 bits per heavy atom. The summed E-state index contributed by atoms with van der Waals surface area (Å²) < 4.78 is 0. The Morgan fingerprint density at radius 3 is 2.54 bits per heavy atom. The number of amides is 2. The van der Waals surface area contributed by atoms with E-state index in [-0.39, 0.29) is 23.7 Å². The number of nitrogens with one attached hydrogen (secondary N) is 1. The molecular formula is C22H24N4O2. The van der Waals surface area contributed by atoms with E-state index in [9.17, 15) is 14.9 Å². The Balaban J connectivity index is 1.47. The first-order chi connectivity index (χ1) is 13.5. The molecule has 6 nitrogen and oxygen atoms in total. The Hall–Kier alpha value is -2.86. The van der Waals surface area contributed by atoms with Gasteiger partial charge in [0, 0.05) is 24.9 Å². The van der Waals surface area contributed by atoms with Crippen LogP contribution in [0.15, 0.2) is 18.2 Å². The third-order valence-electron chi connectivity index (χ3n) is 6.41. The van der Waals surface area contributed by atoms with Gasteiger partial charge >= 0.3 is 0 Å². The summed E-state index contributed by atoms with van der Waals surface area (Å²) in [6, 6.07) is 9.99. The molecule has 1 aromatic rings. The van der Waals surface area contributed by atoms with Gasteiger partial charge in [-0.15, -0.1) is 0 Å². The monoisotopic (exact) mass is 376 g/mol. The number of carbonyl (C=O) groups excluding carboxylic acids is 2. The molecule has 0 aromatic heterocycles. The Labute approximate surface area is 165 Å². The molecular weight excluding hydrogens is 352 g/mol. The van der Waals surface area contributed by atoms with Gasteiger partial charge in [0.2, 0.25) is 11.8 Å². The third-order valence-corrected chi connectivity index (χ3v) is 6.41. The number of hydrogen-bond acceptors (Lipinski definition) is 4. The molecule has 0 bridgehead atoms. The van der Waals surface area contributed by atoms with E-state index < -0.39 is 5.54 Å². The Bertz CT molecular complexity index is 891. The van der Waals surface area contributed by atoms with Crippen LogP contribution in [-0.2, 0) is 22.6 Å². The standard InChI is InChI=1S/C22H24N4O2/c23-12-15-5-6-17-13-26(10-7-16(17)11-15)21(28)19-4-2-1-3-18(19)20(27)25-22(14-24)8-9-22/h5-6,11,18-19H,1-4,7-10,13H2,(H,25,27)/t18-,19-/m1/s1. The summed E-state index contributed by atoms with van der Waals surface area (Å²) in [6.07, 6.45) is 5.48. The highest BCUT2D eigenvalue weighted by atomic mass is 16.2. The summed E-state index contributed by atoms with van der Waals surface area (Å²) in [5.41, 5.74) is 2.17. The predicted molar refractivity (Wildman–Crippen MR) is 101 cm³/mol. The van der Waals surface area contributed by atoms with Crippen LogP contribution in [0.25, 0.3) is 0 Å². The van der Waals surface area contributed by atoms with E-state index in [1.54, 1.807) is 6.07 Å². The fourth-order valence-corrected chi connectivity index (χ4v) is 4.50. The molecule has 6 heteroatoms. The van der Waals surface area contributed by atoms with Gasteiger partial charge in [0.1, 0.15) is 5.54 Å². The second kappa shape index (κ2) is 7.28. The summed E-state index contributed by atoms with van der Waals surface area (Å²) in [5, 5.41) is 21.2. The zero-order valence-corrected chi connectivity index (χ0v) is 15.9. The normalized spacial score (nSPS) is 25.0. The van der Waals surface area contributed by atoms with Crippen LogP contribution in [0.2, 0.25) is 0 Å². The first-order valence-corrected chi connectivity index (χ1v) is 10.1. The number of benzene rings is 1. The van der Waals surface area contributed by atoms with Crippen LogP contribution in [-0.4, -0.2) is 28.8 Å². The molecule has 2 aliphatic carbocycles. The number of nitrogens with zero attached hydrogens (tertiary/aromatic N) is 3. The number of nitriles is 2. The van der Waals surface area contributed by atoms with Crippen molar-refractivity contribution in [2.24, 2.45) is 11.8 Å². The lowest BCUT2D eigenvalue weighted by molar-refractivity contribution is -0.144. The minimum absolute atomic E-state index is 0.0525. The van der Waals surface area contributed by atoms with Crippen molar-refractivity contribution in [1.82, 2.24) is 10.2 Å². The van der Waals surface area contributed by atoms with Crippen molar-refractivity contribution in [3.63, 3.8) is 0 Å². The fourth-order valence-electron chi connectivity index (χ4n) is 4.50. The maximum atomic E-state index is 13.3. The molecule has 144 valence electrons. The summed E-state index contributed by atoms with van der Waals surface area (Å²) in [6.45, 7) is 1.15. The molecule has 3 aliphatic rings. The summed E-state index contributed by atoms with van der Waals surface area (Å²) >= 11 is 0. The number of hydrogen-bond donors (Lipinski definition) is 1. The van der Waals surface area contributed by atoms with E-state index in [0.29, 0.717) is 37.9 Å². The van der Waals surface area contributed by atoms with Crippen molar-refractivity contribution in [1.29, 1.82) is 10.5 Å². The fraction of sp³-hybridized carbons (Fsp3) is 0.545. The van der Waals surface area contributed by atoms with E-state index in [2.05, 4.69) is 17.5 Å². The van der Waals surface area contributed by atoms with Crippen molar-refractivity contribution >= 4 is 11.8 Å². The quantitative estimate of drug-likeness (QED) is 0.876. The largest absolute Gasteiger partial charge is 0.338 e. The van der Waals surface area contributed by atoms with Crippen LogP contribution in [0, 0.1) is 34.5 Å². The molecule has 1 heterocycles. The van der Waals surface area contributed by atoms with E-state index in [0.717, 1.165) is 36.8 Å². The SMILES string of the molecule is N#Cc1ccc2c(c1)CCN(C(=O)[C@@H]1CCCC[C@H]1C(=O)NC1(C#N)CC1)C2. The highest BCUT2D eigenvalue weighted by Crippen LogP contribution is 2.38. The highest BCUT2D eigenvalue weighted by molar-refractivity contribution is 5.88. The van der Waals surface area contributed by atoms with E-state index in [1.165, 1.54) is 0 Å². The van der Waals surface area contributed by atoms with Crippen molar-refractivity contribution in [3.8, 4) is 12.1 Å². The van der Waals surface area contributed by atoms with Crippen molar-refractivity contribution in [2.75, 3.05) is 6.54 Å². The molecule has 2 amide bonds. The minimum Gasteiger partial charge on any atom is -0.338 e. The van der Waals surface area contributed by atoms with Crippen molar-refractivity contribution in [3.05, 3.63) is 34.9 Å². The molecule has 1 aliphatic heterocycles. The first-order valence-electron chi connectivity index (χ1n) is 10.1. The molecule has 2 atom stereocenters. The van der Waals surface area contributed by atoms with Crippen LogP contribution >= 0.6 is 0 Å². The molecule has 0 spiro atoms. The van der Waals surface area contributed by atoms with Crippen LogP contribution in [0.1, 0.15) is 55.2 Å². The third kappa shape index (κ3) is 3.47. The predicted octanol–water partition coefficient (Wildman–Crippen LogP) is 2.42. The van der Waals surface area contributed by atoms with Gasteiger partial charge < -0.3 is 10.2 Å². The summed E-state index contributed by atoms with van der Waals surface area (Å²) in [5.74, 6) is -0.720. The molecule has 0 radical (unpaired) electrons. The number of rotatable bonds is 3. The lowest BCUT2D eigenvalue weighted by Gasteiger charge is -2.36. The van der Waals surface area contributed by atoms with Crippen molar-refractivity contribution < 1.29 is 9.59 Å². The second-order valence-corrected chi connectivity index (χ2v) is 8.29. The first kappa shape index (κ1) is 18.5. The average Bonchev–Trinajstić information content (AvgIpc) is 3.52. The number of fused-ring (bicyclic) bond motifs is 1. The zero-order valence-electron chi connectivity index (χ0n) is 15.9. The van der Waals surface area contributed by atoms with Crippen LogP contribution in [0.4, 0.5) is 0 Å². The smallest absolute Gasteiger partial charge is 0.226 e. The number of carbonyl (C=O) groups is 2. The van der Waals surface area contributed by atoms with Gasteiger partial charge in [-0.05, 0) is 55.4 Å². The van der Waals surface area contributed by atoms with Gasteiger partial charge in [0.15, 0.2) is 0 Å². The topological polar surface area (TPSA) is 97.0 Å². The van der Waals surface area contributed by atoms with Gasteiger partial charge in [0.25, 0.3) is 0 Å². The highest BCUT2D eigenvalue weighted by Gasteiger charge is 2.47. The molecule has 0 saturated heterocycles.